The molecule has 0 radical (unpaired) electrons. The summed E-state index contributed by atoms with van der Waals surface area (Å²) >= 11 is 5.65. The number of rotatable bonds is 3. The largest absolute Gasteiger partial charge is 0.480 e. The van der Waals surface area contributed by atoms with Gasteiger partial charge in [-0.2, -0.15) is 13.2 Å². The zero-order valence-electron chi connectivity index (χ0n) is 7.84. The second-order valence-corrected chi connectivity index (χ2v) is 3.07. The highest BCUT2D eigenvalue weighted by atomic mass is 35.5. The number of nitrogens with one attached hydrogen (secondary N) is 1. The van der Waals surface area contributed by atoms with E-state index in [4.69, 9.17) is 17.4 Å². The summed E-state index contributed by atoms with van der Waals surface area (Å²) < 4.78 is 40.2. The third-order valence-corrected chi connectivity index (χ3v) is 1.80. The molecule has 3 nitrogen and oxygen atoms in total. The molecule has 3 N–H and O–H groups in total. The summed E-state index contributed by atoms with van der Waals surface area (Å²) in [5.41, 5.74) is 2.40. The molecule has 0 fully saturated rings. The summed E-state index contributed by atoms with van der Waals surface area (Å²) in [6, 6.07) is 4.41. The highest BCUT2D eigenvalue weighted by molar-refractivity contribution is 6.32. The number of hydrogen-bond acceptors (Lipinski definition) is 3. The van der Waals surface area contributed by atoms with Gasteiger partial charge in [0.1, 0.15) is 0 Å². The molecule has 92 valence electrons. The van der Waals surface area contributed by atoms with Crippen LogP contribution in [0.5, 0.6) is 5.75 Å². The zero-order valence-corrected chi connectivity index (χ0v) is 9.42. The molecule has 0 saturated heterocycles. The number of halogens is 5. The molecule has 0 heterocycles. The van der Waals surface area contributed by atoms with Crippen LogP contribution in [-0.2, 0) is 0 Å². The number of nitrogens with two attached hydrogens (primary N) is 1. The topological polar surface area (TPSA) is 47.3 Å². The molecule has 0 atom stereocenters. The van der Waals surface area contributed by atoms with Gasteiger partial charge in [-0.1, -0.05) is 17.7 Å². The van der Waals surface area contributed by atoms with Gasteiger partial charge in [0.2, 0.25) is 0 Å². The van der Waals surface area contributed by atoms with Crippen molar-refractivity contribution >= 4 is 29.7 Å². The Hall–Kier alpha value is -0.850. The Kier molecular flexibility index (Phi) is 5.71. The van der Waals surface area contributed by atoms with Crippen molar-refractivity contribution in [2.75, 3.05) is 12.0 Å². The molecule has 0 bridgehead atoms. The van der Waals surface area contributed by atoms with Gasteiger partial charge in [-0.05, 0) is 12.1 Å². The van der Waals surface area contributed by atoms with Crippen LogP contribution in [0.25, 0.3) is 0 Å². The second-order valence-electron chi connectivity index (χ2n) is 2.66. The summed E-state index contributed by atoms with van der Waals surface area (Å²) in [4.78, 5) is 0. The molecular weight excluding hydrogens is 268 g/mol. The Balaban J connectivity index is 0.00000225. The lowest BCUT2D eigenvalue weighted by Gasteiger charge is -2.13. The molecule has 16 heavy (non-hydrogen) atoms. The number of para-hydroxylation sites is 1. The molecule has 0 unspecified atom stereocenters. The van der Waals surface area contributed by atoms with Crippen molar-refractivity contribution in [3.63, 3.8) is 0 Å². The van der Waals surface area contributed by atoms with Crippen molar-refractivity contribution in [2.24, 2.45) is 5.84 Å². The Bertz CT molecular complexity index is 347. The van der Waals surface area contributed by atoms with Crippen LogP contribution in [0.3, 0.4) is 0 Å². The van der Waals surface area contributed by atoms with Gasteiger partial charge in [0, 0.05) is 0 Å². The van der Waals surface area contributed by atoms with Crippen LogP contribution >= 0.6 is 24.0 Å². The number of benzene rings is 1. The van der Waals surface area contributed by atoms with Crippen molar-refractivity contribution in [1.82, 2.24) is 0 Å². The molecule has 0 saturated carbocycles. The fourth-order valence-corrected chi connectivity index (χ4v) is 1.15. The summed E-state index contributed by atoms with van der Waals surface area (Å²) in [6.45, 7) is -1.41. The van der Waals surface area contributed by atoms with Gasteiger partial charge in [-0.3, -0.25) is 5.84 Å². The van der Waals surface area contributed by atoms with E-state index in [1.165, 1.54) is 18.2 Å². The number of ether oxygens (including phenoxy) is 1. The first-order valence-corrected chi connectivity index (χ1v) is 4.26. The maximum Gasteiger partial charge on any atom is 0.422 e. The van der Waals surface area contributed by atoms with Crippen LogP contribution in [0.1, 0.15) is 0 Å². The third-order valence-electron chi connectivity index (χ3n) is 1.50. The zero-order chi connectivity index (χ0) is 11.5. The van der Waals surface area contributed by atoms with E-state index in [1.54, 1.807) is 0 Å². The van der Waals surface area contributed by atoms with Crippen molar-refractivity contribution in [1.29, 1.82) is 0 Å². The van der Waals surface area contributed by atoms with E-state index in [2.05, 4.69) is 10.2 Å². The van der Waals surface area contributed by atoms with E-state index in [9.17, 15) is 13.2 Å². The molecule has 0 aromatic heterocycles. The first-order valence-electron chi connectivity index (χ1n) is 3.88. The SMILES string of the molecule is Cl.NNc1cccc(Cl)c1OCC(F)(F)F. The van der Waals surface area contributed by atoms with E-state index >= 15 is 0 Å². The van der Waals surface area contributed by atoms with Crippen LogP contribution in [0.2, 0.25) is 5.02 Å². The summed E-state index contributed by atoms with van der Waals surface area (Å²) in [6.07, 6.45) is -4.41. The smallest absolute Gasteiger partial charge is 0.422 e. The predicted octanol–water partition coefficient (Wildman–Crippen LogP) is 2.99. The number of hydrazine groups is 1. The van der Waals surface area contributed by atoms with E-state index in [0.29, 0.717) is 0 Å². The quantitative estimate of drug-likeness (QED) is 0.659. The van der Waals surface area contributed by atoms with Crippen LogP contribution in [-0.4, -0.2) is 12.8 Å². The minimum Gasteiger partial charge on any atom is -0.480 e. The predicted molar refractivity (Wildman–Crippen MR) is 58.1 cm³/mol. The van der Waals surface area contributed by atoms with Gasteiger partial charge < -0.3 is 10.2 Å². The number of anilines is 1. The molecule has 0 aliphatic rings. The maximum atomic E-state index is 11.9. The number of alkyl halides is 3. The molecule has 8 heteroatoms. The van der Waals surface area contributed by atoms with E-state index in [-0.39, 0.29) is 28.9 Å². The Labute approximate surface area is 101 Å². The average Bonchev–Trinajstić information content (AvgIpc) is 2.14. The van der Waals surface area contributed by atoms with Crippen LogP contribution in [0.4, 0.5) is 18.9 Å². The molecule has 1 aromatic carbocycles. The molecule has 1 aromatic rings. The summed E-state index contributed by atoms with van der Waals surface area (Å²) in [5.74, 6) is 4.98. The Morgan fingerprint density at radius 1 is 1.38 bits per heavy atom. The lowest BCUT2D eigenvalue weighted by molar-refractivity contribution is -0.153. The van der Waals surface area contributed by atoms with Crippen molar-refractivity contribution in [3.05, 3.63) is 23.2 Å². The lowest BCUT2D eigenvalue weighted by atomic mass is 10.3. The third kappa shape index (κ3) is 4.34. The first kappa shape index (κ1) is 15.2. The van der Waals surface area contributed by atoms with Crippen LogP contribution in [0.15, 0.2) is 18.2 Å². The molecule has 0 aliphatic heterocycles. The van der Waals surface area contributed by atoms with E-state index in [1.807, 2.05) is 0 Å². The summed E-state index contributed by atoms with van der Waals surface area (Å²) in [5, 5.41) is 0.0645. The van der Waals surface area contributed by atoms with E-state index < -0.39 is 12.8 Å². The highest BCUT2D eigenvalue weighted by Gasteiger charge is 2.29. The van der Waals surface area contributed by atoms with Gasteiger partial charge in [0.15, 0.2) is 12.4 Å². The van der Waals surface area contributed by atoms with Crippen molar-refractivity contribution < 1.29 is 17.9 Å². The normalized spacial score (nSPS) is 10.6. The minimum atomic E-state index is -4.41. The fourth-order valence-electron chi connectivity index (χ4n) is 0.923. The highest BCUT2D eigenvalue weighted by Crippen LogP contribution is 2.33. The fraction of sp³-hybridized carbons (Fsp3) is 0.250. The monoisotopic (exact) mass is 276 g/mol. The molecular formula is C8H9Cl2F3N2O. The lowest BCUT2D eigenvalue weighted by Crippen LogP contribution is -2.20. The molecule has 0 spiro atoms. The Morgan fingerprint density at radius 3 is 2.50 bits per heavy atom. The van der Waals surface area contributed by atoms with Gasteiger partial charge in [-0.15, -0.1) is 12.4 Å². The average molecular weight is 277 g/mol. The first-order chi connectivity index (χ1) is 6.94. The van der Waals surface area contributed by atoms with E-state index in [0.717, 1.165) is 0 Å². The van der Waals surface area contributed by atoms with Gasteiger partial charge in [0.05, 0.1) is 10.7 Å². The van der Waals surface area contributed by atoms with Crippen molar-refractivity contribution in [3.8, 4) is 5.75 Å². The van der Waals surface area contributed by atoms with Gasteiger partial charge in [0.25, 0.3) is 0 Å². The number of nitrogen functional groups attached to an aromatic ring is 1. The minimum absolute atomic E-state index is 0. The second kappa shape index (κ2) is 6.03. The molecule has 0 amide bonds. The van der Waals surface area contributed by atoms with Crippen LogP contribution < -0.4 is 16.0 Å². The van der Waals surface area contributed by atoms with Crippen molar-refractivity contribution in [2.45, 2.75) is 6.18 Å². The van der Waals surface area contributed by atoms with Gasteiger partial charge in [-0.25, -0.2) is 0 Å². The number of hydrogen-bond donors (Lipinski definition) is 2. The van der Waals surface area contributed by atoms with Crippen LogP contribution in [0, 0.1) is 0 Å². The van der Waals surface area contributed by atoms with Gasteiger partial charge >= 0.3 is 6.18 Å². The standard InChI is InChI=1S/C8H8ClF3N2O.ClH/c9-5-2-1-3-6(14-13)7(5)15-4-8(10,11)12;/h1-3,14H,4,13H2;1H. The molecule has 0 aliphatic carbocycles. The maximum absolute atomic E-state index is 11.9. The summed E-state index contributed by atoms with van der Waals surface area (Å²) in [7, 11) is 0. The molecule has 1 rings (SSSR count). The Morgan fingerprint density at radius 2 is 2.00 bits per heavy atom.